The lowest BCUT2D eigenvalue weighted by molar-refractivity contribution is 0.0642. The third-order valence-corrected chi connectivity index (χ3v) is 4.81. The van der Waals surface area contributed by atoms with Gasteiger partial charge in [0.05, 0.1) is 17.7 Å². The lowest BCUT2D eigenvalue weighted by Crippen LogP contribution is -2.29. The van der Waals surface area contributed by atoms with Crippen molar-refractivity contribution in [3.63, 3.8) is 0 Å². The Morgan fingerprint density at radius 1 is 0.862 bits per heavy atom. The second-order valence-electron chi connectivity index (χ2n) is 6.72. The van der Waals surface area contributed by atoms with Crippen LogP contribution in [0.2, 0.25) is 0 Å². The normalized spacial score (nSPS) is 12.8. The number of hydrogen-bond acceptors (Lipinski definition) is 3. The molecule has 0 saturated carbocycles. The zero-order valence-corrected chi connectivity index (χ0v) is 15.4. The number of nitrogens with one attached hydrogen (secondary N) is 1. The Balaban J connectivity index is 1.47. The van der Waals surface area contributed by atoms with E-state index in [1.54, 1.807) is 66.7 Å². The molecule has 144 valence electrons. The van der Waals surface area contributed by atoms with Crippen LogP contribution in [0, 0.1) is 5.82 Å². The minimum atomic E-state index is -0.382. The molecule has 0 aliphatic carbocycles. The predicted octanol–water partition coefficient (Wildman–Crippen LogP) is 3.55. The van der Waals surface area contributed by atoms with E-state index in [1.807, 2.05) is 0 Å². The predicted molar refractivity (Wildman–Crippen MR) is 105 cm³/mol. The number of carbonyl (C=O) groups is 3. The first kappa shape index (κ1) is 18.6. The molecule has 0 spiro atoms. The summed E-state index contributed by atoms with van der Waals surface area (Å²) in [4.78, 5) is 38.6. The highest BCUT2D eigenvalue weighted by Gasteiger charge is 2.34. The number of rotatable bonds is 5. The summed E-state index contributed by atoms with van der Waals surface area (Å²) in [7, 11) is 0. The first-order chi connectivity index (χ1) is 14.0. The summed E-state index contributed by atoms with van der Waals surface area (Å²) in [5, 5.41) is 2.68. The van der Waals surface area contributed by atoms with Gasteiger partial charge in [0.25, 0.3) is 17.7 Å². The fourth-order valence-electron chi connectivity index (χ4n) is 3.30. The van der Waals surface area contributed by atoms with Crippen molar-refractivity contribution in [3.05, 3.63) is 106 Å². The zero-order chi connectivity index (χ0) is 20.4. The van der Waals surface area contributed by atoms with Crippen LogP contribution in [0.5, 0.6) is 0 Å². The van der Waals surface area contributed by atoms with Crippen LogP contribution >= 0.6 is 0 Å². The Morgan fingerprint density at radius 2 is 1.52 bits per heavy atom. The monoisotopic (exact) mass is 388 g/mol. The van der Waals surface area contributed by atoms with Gasteiger partial charge in [0.1, 0.15) is 5.82 Å². The van der Waals surface area contributed by atoms with Gasteiger partial charge in [-0.2, -0.15) is 0 Å². The van der Waals surface area contributed by atoms with Gasteiger partial charge < -0.3 is 5.32 Å². The second-order valence-corrected chi connectivity index (χ2v) is 6.72. The standard InChI is InChI=1S/C23H17FN2O3/c24-20-11-4-1-7-17(20)13-25-21(27)16-8-5-6-15(12-16)14-26-22(28)18-9-2-3-10-19(18)23(26)29/h1-12H,13-14H2,(H,25,27). The van der Waals surface area contributed by atoms with E-state index in [4.69, 9.17) is 0 Å². The Labute approximate surface area is 166 Å². The van der Waals surface area contributed by atoms with E-state index >= 15 is 0 Å². The smallest absolute Gasteiger partial charge is 0.261 e. The average molecular weight is 388 g/mol. The Bertz CT molecular complexity index is 1090. The van der Waals surface area contributed by atoms with Crippen LogP contribution in [0.3, 0.4) is 0 Å². The summed E-state index contributed by atoms with van der Waals surface area (Å²) in [5.74, 6) is -1.44. The van der Waals surface area contributed by atoms with Crippen molar-refractivity contribution in [3.8, 4) is 0 Å². The molecule has 0 unspecified atom stereocenters. The van der Waals surface area contributed by atoms with Gasteiger partial charge >= 0.3 is 0 Å². The average Bonchev–Trinajstić information content (AvgIpc) is 2.98. The van der Waals surface area contributed by atoms with Gasteiger partial charge in [0, 0.05) is 17.7 Å². The van der Waals surface area contributed by atoms with Crippen LogP contribution < -0.4 is 5.32 Å². The fraction of sp³-hybridized carbons (Fsp3) is 0.0870. The van der Waals surface area contributed by atoms with E-state index in [2.05, 4.69) is 5.32 Å². The van der Waals surface area contributed by atoms with Crippen molar-refractivity contribution in [2.75, 3.05) is 0 Å². The molecule has 3 aromatic carbocycles. The highest BCUT2D eigenvalue weighted by molar-refractivity contribution is 6.21. The van der Waals surface area contributed by atoms with Gasteiger partial charge in [-0.3, -0.25) is 19.3 Å². The lowest BCUT2D eigenvalue weighted by Gasteiger charge is -2.14. The zero-order valence-electron chi connectivity index (χ0n) is 15.4. The summed E-state index contributed by atoms with van der Waals surface area (Å²) in [6, 6.07) is 19.6. The van der Waals surface area contributed by atoms with Crippen LogP contribution in [-0.4, -0.2) is 22.6 Å². The third-order valence-electron chi connectivity index (χ3n) is 4.81. The number of halogens is 1. The van der Waals surface area contributed by atoms with Crippen molar-refractivity contribution in [2.24, 2.45) is 0 Å². The molecular weight excluding hydrogens is 371 g/mol. The number of imide groups is 1. The molecule has 0 aromatic heterocycles. The minimum absolute atomic E-state index is 0.0636. The molecule has 0 saturated heterocycles. The summed E-state index contributed by atoms with van der Waals surface area (Å²) in [5.41, 5.74) is 2.18. The van der Waals surface area contributed by atoms with Crippen molar-refractivity contribution in [2.45, 2.75) is 13.1 Å². The molecule has 29 heavy (non-hydrogen) atoms. The summed E-state index contributed by atoms with van der Waals surface area (Å²) in [6.07, 6.45) is 0. The van der Waals surface area contributed by atoms with Crippen LogP contribution in [0.25, 0.3) is 0 Å². The van der Waals surface area contributed by atoms with Crippen molar-refractivity contribution >= 4 is 17.7 Å². The van der Waals surface area contributed by atoms with Crippen molar-refractivity contribution in [1.29, 1.82) is 0 Å². The molecule has 0 bridgehead atoms. The maximum Gasteiger partial charge on any atom is 0.261 e. The van der Waals surface area contributed by atoms with Gasteiger partial charge in [-0.1, -0.05) is 42.5 Å². The van der Waals surface area contributed by atoms with E-state index in [0.717, 1.165) is 0 Å². The molecule has 4 rings (SSSR count). The molecular formula is C23H17FN2O3. The Morgan fingerprint density at radius 3 is 2.21 bits per heavy atom. The summed E-state index contributed by atoms with van der Waals surface area (Å²) >= 11 is 0. The maximum atomic E-state index is 13.7. The minimum Gasteiger partial charge on any atom is -0.348 e. The van der Waals surface area contributed by atoms with E-state index in [-0.39, 0.29) is 36.6 Å². The van der Waals surface area contributed by atoms with E-state index in [0.29, 0.717) is 27.8 Å². The number of amides is 3. The van der Waals surface area contributed by atoms with E-state index in [1.165, 1.54) is 11.0 Å². The maximum absolute atomic E-state index is 13.7. The van der Waals surface area contributed by atoms with Gasteiger partial charge in [0.15, 0.2) is 0 Å². The quantitative estimate of drug-likeness (QED) is 0.680. The summed E-state index contributed by atoms with van der Waals surface area (Å²) in [6.45, 7) is 0.134. The first-order valence-electron chi connectivity index (χ1n) is 9.10. The molecule has 1 aliphatic heterocycles. The Hall–Kier alpha value is -3.80. The molecule has 1 aliphatic rings. The Kier molecular flexibility index (Phi) is 4.91. The molecule has 0 radical (unpaired) electrons. The molecule has 0 atom stereocenters. The third kappa shape index (κ3) is 3.65. The van der Waals surface area contributed by atoms with Crippen LogP contribution in [0.15, 0.2) is 72.8 Å². The molecule has 1 N–H and O–H groups in total. The molecule has 3 aromatic rings. The molecule has 1 heterocycles. The van der Waals surface area contributed by atoms with Crippen molar-refractivity contribution < 1.29 is 18.8 Å². The number of hydrogen-bond donors (Lipinski definition) is 1. The van der Waals surface area contributed by atoms with Crippen molar-refractivity contribution in [1.82, 2.24) is 10.2 Å². The first-order valence-corrected chi connectivity index (χ1v) is 9.10. The highest BCUT2D eigenvalue weighted by Crippen LogP contribution is 2.24. The van der Waals surface area contributed by atoms with E-state index < -0.39 is 0 Å². The number of benzene rings is 3. The summed E-state index contributed by atoms with van der Waals surface area (Å²) < 4.78 is 13.7. The van der Waals surface area contributed by atoms with Gasteiger partial charge in [-0.05, 0) is 35.9 Å². The molecule has 0 fully saturated rings. The van der Waals surface area contributed by atoms with Crippen LogP contribution in [0.1, 0.15) is 42.2 Å². The number of nitrogens with zero attached hydrogens (tertiary/aromatic N) is 1. The second kappa shape index (κ2) is 7.67. The van der Waals surface area contributed by atoms with E-state index in [9.17, 15) is 18.8 Å². The topological polar surface area (TPSA) is 66.5 Å². The lowest BCUT2D eigenvalue weighted by atomic mass is 10.1. The van der Waals surface area contributed by atoms with Crippen LogP contribution in [-0.2, 0) is 13.1 Å². The SMILES string of the molecule is O=C(NCc1ccccc1F)c1cccc(CN2C(=O)c3ccccc3C2=O)c1. The van der Waals surface area contributed by atoms with Gasteiger partial charge in [-0.15, -0.1) is 0 Å². The number of fused-ring (bicyclic) bond motifs is 1. The van der Waals surface area contributed by atoms with Gasteiger partial charge in [0.2, 0.25) is 0 Å². The van der Waals surface area contributed by atoms with Gasteiger partial charge in [-0.25, -0.2) is 4.39 Å². The van der Waals surface area contributed by atoms with Crippen LogP contribution in [0.4, 0.5) is 4.39 Å². The molecule has 3 amide bonds. The highest BCUT2D eigenvalue weighted by atomic mass is 19.1. The number of carbonyl (C=O) groups excluding carboxylic acids is 3. The molecule has 5 nitrogen and oxygen atoms in total. The molecule has 6 heteroatoms. The fourth-order valence-corrected chi connectivity index (χ4v) is 3.30. The largest absolute Gasteiger partial charge is 0.348 e.